The lowest BCUT2D eigenvalue weighted by molar-refractivity contribution is 0.0827. The number of urea groups is 1. The second-order valence-corrected chi connectivity index (χ2v) is 9.13. The highest BCUT2D eigenvalue weighted by atomic mass is 32.1. The summed E-state index contributed by atoms with van der Waals surface area (Å²) in [5, 5.41) is 5.87. The number of aromatic nitrogens is 2. The van der Waals surface area contributed by atoms with Crippen LogP contribution in [0.15, 0.2) is 41.1 Å². The molecule has 2 N–H and O–H groups in total. The third-order valence-electron chi connectivity index (χ3n) is 4.19. The van der Waals surface area contributed by atoms with E-state index in [1.165, 1.54) is 16.2 Å². The van der Waals surface area contributed by atoms with Crippen LogP contribution in [0, 0.1) is 0 Å². The van der Waals surface area contributed by atoms with E-state index < -0.39 is 6.03 Å². The first-order valence-corrected chi connectivity index (χ1v) is 10.4. The van der Waals surface area contributed by atoms with E-state index in [4.69, 9.17) is 4.42 Å². The van der Waals surface area contributed by atoms with Crippen molar-refractivity contribution >= 4 is 46.2 Å². The molecule has 3 aromatic rings. The fourth-order valence-corrected chi connectivity index (χ4v) is 3.21. The highest BCUT2D eigenvalue weighted by Gasteiger charge is 2.18. The van der Waals surface area contributed by atoms with Gasteiger partial charge in [-0.05, 0) is 30.3 Å². The van der Waals surface area contributed by atoms with Gasteiger partial charge in [-0.25, -0.2) is 14.8 Å². The fourth-order valence-electron chi connectivity index (χ4n) is 2.50. The minimum atomic E-state index is -0.418. The second-order valence-electron chi connectivity index (χ2n) is 8.07. The summed E-state index contributed by atoms with van der Waals surface area (Å²) < 4.78 is 5.73. The third-order valence-corrected chi connectivity index (χ3v) is 5.07. The number of carbonyl (C=O) groups excluding carboxylic acids is 2. The van der Waals surface area contributed by atoms with E-state index in [9.17, 15) is 9.59 Å². The number of anilines is 2. The molecule has 9 heteroatoms. The molecule has 0 spiro atoms. The molecule has 2 aromatic heterocycles. The molecule has 0 aliphatic carbocycles. The molecule has 0 saturated carbocycles. The molecule has 3 rings (SSSR count). The predicted molar refractivity (Wildman–Crippen MR) is 123 cm³/mol. The van der Waals surface area contributed by atoms with Crippen LogP contribution in [0.3, 0.4) is 0 Å². The first-order chi connectivity index (χ1) is 14.6. The Kier molecular flexibility index (Phi) is 6.55. The van der Waals surface area contributed by atoms with Gasteiger partial charge in [-0.2, -0.15) is 0 Å². The maximum Gasteiger partial charge on any atom is 0.325 e. The van der Waals surface area contributed by atoms with E-state index in [0.717, 1.165) is 10.6 Å². The highest BCUT2D eigenvalue weighted by molar-refractivity contribution is 7.16. The summed E-state index contributed by atoms with van der Waals surface area (Å²) in [5.41, 5.74) is 1.02. The molecule has 162 valence electrons. The van der Waals surface area contributed by atoms with E-state index in [0.29, 0.717) is 22.3 Å². The van der Waals surface area contributed by atoms with Crippen LogP contribution in [-0.4, -0.2) is 40.9 Å². The van der Waals surface area contributed by atoms with Gasteiger partial charge >= 0.3 is 6.03 Å². The number of amides is 3. The van der Waals surface area contributed by atoms with Gasteiger partial charge < -0.3 is 14.6 Å². The van der Waals surface area contributed by atoms with Crippen molar-refractivity contribution in [1.82, 2.24) is 14.9 Å². The number of carbonyl (C=O) groups is 2. The molecule has 8 nitrogen and oxygen atoms in total. The molecule has 31 heavy (non-hydrogen) atoms. The van der Waals surface area contributed by atoms with E-state index in [1.807, 2.05) is 6.08 Å². The van der Waals surface area contributed by atoms with Crippen LogP contribution in [0.2, 0.25) is 0 Å². The monoisotopic (exact) mass is 439 g/mol. The Morgan fingerprint density at radius 3 is 2.35 bits per heavy atom. The van der Waals surface area contributed by atoms with Gasteiger partial charge in [0, 0.05) is 47.9 Å². The lowest BCUT2D eigenvalue weighted by Crippen LogP contribution is -2.22. The van der Waals surface area contributed by atoms with E-state index in [2.05, 4.69) is 41.4 Å². The first-order valence-electron chi connectivity index (χ1n) is 9.62. The SMILES string of the molecule is CN(C)C(=O)c1ccc(NC(=O)Nc2ncc(C=Cc3ncc(C(C)(C)C)o3)s2)cc1. The molecule has 0 saturated heterocycles. The summed E-state index contributed by atoms with van der Waals surface area (Å²) in [5.74, 6) is 1.23. The van der Waals surface area contributed by atoms with Crippen LogP contribution in [0.5, 0.6) is 0 Å². The van der Waals surface area contributed by atoms with Crippen LogP contribution in [0.4, 0.5) is 15.6 Å². The van der Waals surface area contributed by atoms with Crippen molar-refractivity contribution in [3.63, 3.8) is 0 Å². The van der Waals surface area contributed by atoms with Gasteiger partial charge in [-0.15, -0.1) is 0 Å². The molecule has 0 aliphatic rings. The Hall–Kier alpha value is -3.46. The zero-order chi connectivity index (χ0) is 22.6. The molecule has 2 heterocycles. The summed E-state index contributed by atoms with van der Waals surface area (Å²) >= 11 is 1.32. The molecular formula is C22H25N5O3S. The molecule has 0 bridgehead atoms. The molecule has 0 radical (unpaired) electrons. The number of nitrogens with one attached hydrogen (secondary N) is 2. The number of benzene rings is 1. The number of rotatable bonds is 5. The normalized spacial score (nSPS) is 11.5. The lowest BCUT2D eigenvalue weighted by Gasteiger charge is -2.12. The Balaban J connectivity index is 1.56. The zero-order valence-corrected chi connectivity index (χ0v) is 18.9. The van der Waals surface area contributed by atoms with Crippen LogP contribution >= 0.6 is 11.3 Å². The first kappa shape index (κ1) is 22.2. The molecule has 3 amide bonds. The topological polar surface area (TPSA) is 100 Å². The van der Waals surface area contributed by atoms with Crippen molar-refractivity contribution in [2.75, 3.05) is 24.7 Å². The van der Waals surface area contributed by atoms with Gasteiger partial charge in [0.1, 0.15) is 5.76 Å². The third kappa shape index (κ3) is 6.02. The van der Waals surface area contributed by atoms with Crippen LogP contribution in [0.25, 0.3) is 12.2 Å². The van der Waals surface area contributed by atoms with Gasteiger partial charge in [0.25, 0.3) is 5.91 Å². The largest absolute Gasteiger partial charge is 0.441 e. The predicted octanol–water partition coefficient (Wildman–Crippen LogP) is 4.94. The van der Waals surface area contributed by atoms with Crippen molar-refractivity contribution in [2.24, 2.45) is 0 Å². The van der Waals surface area contributed by atoms with Crippen molar-refractivity contribution < 1.29 is 14.0 Å². The Morgan fingerprint density at radius 2 is 1.74 bits per heavy atom. The Bertz CT molecular complexity index is 1090. The maximum absolute atomic E-state index is 12.2. The smallest absolute Gasteiger partial charge is 0.325 e. The van der Waals surface area contributed by atoms with Gasteiger partial charge in [0.05, 0.1) is 6.20 Å². The molecule has 1 aromatic carbocycles. The van der Waals surface area contributed by atoms with E-state index in [1.54, 1.807) is 56.8 Å². The lowest BCUT2D eigenvalue weighted by atomic mass is 9.94. The zero-order valence-electron chi connectivity index (χ0n) is 18.1. The highest BCUT2D eigenvalue weighted by Crippen LogP contribution is 2.24. The second kappa shape index (κ2) is 9.13. The minimum absolute atomic E-state index is 0.0984. The van der Waals surface area contributed by atoms with E-state index in [-0.39, 0.29) is 11.3 Å². The average Bonchev–Trinajstić information content (AvgIpc) is 3.35. The summed E-state index contributed by atoms with van der Waals surface area (Å²) in [6, 6.07) is 6.26. The van der Waals surface area contributed by atoms with Crippen LogP contribution in [-0.2, 0) is 5.41 Å². The van der Waals surface area contributed by atoms with Crippen molar-refractivity contribution in [3.05, 3.63) is 58.8 Å². The van der Waals surface area contributed by atoms with Gasteiger partial charge in [0.15, 0.2) is 5.13 Å². The number of nitrogens with zero attached hydrogens (tertiary/aromatic N) is 3. The number of thiazole rings is 1. The van der Waals surface area contributed by atoms with Crippen molar-refractivity contribution in [1.29, 1.82) is 0 Å². The van der Waals surface area contributed by atoms with Crippen molar-refractivity contribution in [2.45, 2.75) is 26.2 Å². The number of hydrogen-bond acceptors (Lipinski definition) is 6. The standard InChI is InChI=1S/C22H25N5O3S/c1-22(2,3)17-13-23-18(30-17)11-10-16-12-24-21(31-16)26-20(29)25-15-8-6-14(7-9-15)19(28)27(4)5/h6-13H,1-5H3,(H2,24,25,26,29). The minimum Gasteiger partial charge on any atom is -0.441 e. The molecule has 0 aliphatic heterocycles. The van der Waals surface area contributed by atoms with Crippen LogP contribution < -0.4 is 10.6 Å². The van der Waals surface area contributed by atoms with E-state index >= 15 is 0 Å². The summed E-state index contributed by atoms with van der Waals surface area (Å²) in [7, 11) is 3.38. The van der Waals surface area contributed by atoms with Gasteiger partial charge in [-0.1, -0.05) is 32.1 Å². The Morgan fingerprint density at radius 1 is 1.03 bits per heavy atom. The molecule has 0 atom stereocenters. The fraction of sp³-hybridized carbons (Fsp3) is 0.273. The van der Waals surface area contributed by atoms with Gasteiger partial charge in [-0.3, -0.25) is 10.1 Å². The number of hydrogen-bond donors (Lipinski definition) is 2. The summed E-state index contributed by atoms with van der Waals surface area (Å²) in [6.07, 6.45) is 6.99. The average molecular weight is 440 g/mol. The maximum atomic E-state index is 12.2. The van der Waals surface area contributed by atoms with Crippen molar-refractivity contribution in [3.8, 4) is 0 Å². The molecular weight excluding hydrogens is 414 g/mol. The Labute approximate surface area is 185 Å². The molecule has 0 fully saturated rings. The summed E-state index contributed by atoms with van der Waals surface area (Å²) in [4.78, 5) is 34.9. The van der Waals surface area contributed by atoms with Crippen LogP contribution in [0.1, 0.15) is 47.7 Å². The summed E-state index contributed by atoms with van der Waals surface area (Å²) in [6.45, 7) is 6.18. The van der Waals surface area contributed by atoms with Gasteiger partial charge in [0.2, 0.25) is 5.89 Å². The number of oxazole rings is 1. The quantitative estimate of drug-likeness (QED) is 0.586. The molecule has 0 unspecified atom stereocenters.